The van der Waals surface area contributed by atoms with Crippen molar-refractivity contribution >= 4 is 54.8 Å². The molecule has 1 aromatic heterocycles. The normalized spacial score (nSPS) is 12.7. The number of hydrogen-bond donors (Lipinski definition) is 1. The van der Waals surface area contributed by atoms with Crippen molar-refractivity contribution in [3.8, 4) is 0 Å². The highest BCUT2D eigenvalue weighted by atomic mass is 79.9. The van der Waals surface area contributed by atoms with Gasteiger partial charge >= 0.3 is 0 Å². The summed E-state index contributed by atoms with van der Waals surface area (Å²) in [5, 5.41) is 4.40. The zero-order valence-electron chi connectivity index (χ0n) is 11.6. The molecule has 20 heavy (non-hydrogen) atoms. The Morgan fingerprint density at radius 2 is 1.85 bits per heavy atom. The Kier molecular flexibility index (Phi) is 5.71. The minimum atomic E-state index is 0.174. The van der Waals surface area contributed by atoms with Crippen LogP contribution >= 0.6 is 54.8 Å². The molecule has 0 bridgehead atoms. The highest BCUT2D eigenvalue weighted by molar-refractivity contribution is 9.12. The molecule has 0 fully saturated rings. The average Bonchev–Trinajstić information content (AvgIpc) is 2.70. The molecule has 1 heterocycles. The molecule has 1 N–H and O–H groups in total. The number of rotatable bonds is 4. The zero-order chi connectivity index (χ0) is 14.9. The van der Waals surface area contributed by atoms with Crippen LogP contribution in [0.3, 0.4) is 0 Å². The summed E-state index contributed by atoms with van der Waals surface area (Å²) in [5.74, 6) is 0. The van der Waals surface area contributed by atoms with E-state index in [9.17, 15) is 0 Å². The van der Waals surface area contributed by atoms with Crippen LogP contribution in [0.4, 0.5) is 0 Å². The molecule has 0 saturated carbocycles. The first-order valence-electron chi connectivity index (χ1n) is 6.38. The third-order valence-corrected chi connectivity index (χ3v) is 6.05. The number of benzene rings is 1. The summed E-state index contributed by atoms with van der Waals surface area (Å²) in [4.78, 5) is 0. The molecule has 0 saturated heterocycles. The molecule has 108 valence electrons. The van der Waals surface area contributed by atoms with E-state index < -0.39 is 0 Å². The topological polar surface area (TPSA) is 12.0 Å². The summed E-state index contributed by atoms with van der Waals surface area (Å²) < 4.78 is 2.29. The van der Waals surface area contributed by atoms with Crippen LogP contribution in [-0.4, -0.2) is 6.54 Å². The Hall–Kier alpha value is 0.130. The van der Waals surface area contributed by atoms with Crippen molar-refractivity contribution in [2.24, 2.45) is 0 Å². The maximum atomic E-state index is 6.21. The fraction of sp³-hybridized carbons (Fsp3) is 0.333. The third kappa shape index (κ3) is 3.47. The highest BCUT2D eigenvalue weighted by Crippen LogP contribution is 2.39. The molecule has 2 aromatic rings. The first-order valence-corrected chi connectivity index (χ1v) is 9.16. The second-order valence-electron chi connectivity index (χ2n) is 4.73. The van der Waals surface area contributed by atoms with Crippen LogP contribution in [0.15, 0.2) is 25.8 Å². The van der Waals surface area contributed by atoms with Gasteiger partial charge in [0.15, 0.2) is 0 Å². The smallest absolute Gasteiger partial charge is 0.0761 e. The fourth-order valence-corrected chi connectivity index (χ4v) is 5.38. The van der Waals surface area contributed by atoms with Crippen LogP contribution in [-0.2, 0) is 0 Å². The first-order chi connectivity index (χ1) is 9.43. The van der Waals surface area contributed by atoms with Crippen molar-refractivity contribution in [1.82, 2.24) is 5.32 Å². The Bertz CT molecular complexity index is 625. The van der Waals surface area contributed by atoms with E-state index in [-0.39, 0.29) is 6.04 Å². The minimum absolute atomic E-state index is 0.174. The molecule has 0 aliphatic carbocycles. The molecule has 0 radical (unpaired) electrons. The quantitative estimate of drug-likeness (QED) is 0.597. The van der Waals surface area contributed by atoms with E-state index in [4.69, 9.17) is 11.6 Å². The molecule has 1 unspecified atom stereocenters. The number of hydrogen-bond acceptors (Lipinski definition) is 2. The Balaban J connectivity index is 2.54. The number of halogens is 3. The van der Waals surface area contributed by atoms with Crippen molar-refractivity contribution in [1.29, 1.82) is 0 Å². The van der Waals surface area contributed by atoms with Gasteiger partial charge in [0.2, 0.25) is 0 Å². The first kappa shape index (κ1) is 16.5. The van der Waals surface area contributed by atoms with Crippen molar-refractivity contribution in [2.75, 3.05) is 6.54 Å². The van der Waals surface area contributed by atoms with Gasteiger partial charge in [-0.25, -0.2) is 0 Å². The maximum Gasteiger partial charge on any atom is 0.0761 e. The van der Waals surface area contributed by atoms with E-state index in [1.807, 2.05) is 13.0 Å². The van der Waals surface area contributed by atoms with Crippen LogP contribution < -0.4 is 5.32 Å². The minimum Gasteiger partial charge on any atom is -0.306 e. The van der Waals surface area contributed by atoms with Crippen LogP contribution in [0.5, 0.6) is 0 Å². The summed E-state index contributed by atoms with van der Waals surface area (Å²) >= 11 is 15.1. The number of nitrogens with one attached hydrogen (secondary N) is 1. The molecular formula is C15H16Br2ClNS. The average molecular weight is 438 g/mol. The van der Waals surface area contributed by atoms with E-state index >= 15 is 0 Å². The summed E-state index contributed by atoms with van der Waals surface area (Å²) in [6, 6.07) is 6.58. The molecule has 0 aliphatic heterocycles. The summed E-state index contributed by atoms with van der Waals surface area (Å²) in [6.07, 6.45) is 0. The molecule has 0 aliphatic rings. The summed E-state index contributed by atoms with van der Waals surface area (Å²) in [7, 11) is 0. The van der Waals surface area contributed by atoms with E-state index in [1.165, 1.54) is 16.7 Å². The fourth-order valence-electron chi connectivity index (χ4n) is 2.26. The molecular weight excluding hydrogens is 421 g/mol. The monoisotopic (exact) mass is 435 g/mol. The molecule has 1 atom stereocenters. The number of thiophene rings is 1. The van der Waals surface area contributed by atoms with Gasteiger partial charge in [0, 0.05) is 5.02 Å². The summed E-state index contributed by atoms with van der Waals surface area (Å²) in [6.45, 7) is 7.19. The van der Waals surface area contributed by atoms with Crippen molar-refractivity contribution in [2.45, 2.75) is 26.8 Å². The predicted octanol–water partition coefficient (Wildman–Crippen LogP) is 6.24. The molecule has 0 amide bonds. The highest BCUT2D eigenvalue weighted by Gasteiger charge is 2.20. The maximum absolute atomic E-state index is 6.21. The van der Waals surface area contributed by atoms with Crippen molar-refractivity contribution < 1.29 is 0 Å². The van der Waals surface area contributed by atoms with Crippen LogP contribution in [0, 0.1) is 13.8 Å². The largest absolute Gasteiger partial charge is 0.306 e. The van der Waals surface area contributed by atoms with Gasteiger partial charge in [0.1, 0.15) is 0 Å². The van der Waals surface area contributed by atoms with Crippen LogP contribution in [0.2, 0.25) is 5.02 Å². The lowest BCUT2D eigenvalue weighted by Crippen LogP contribution is -2.22. The van der Waals surface area contributed by atoms with Gasteiger partial charge in [-0.2, -0.15) is 0 Å². The van der Waals surface area contributed by atoms with Gasteiger partial charge < -0.3 is 5.32 Å². The van der Waals surface area contributed by atoms with E-state index in [2.05, 4.69) is 63.2 Å². The van der Waals surface area contributed by atoms with E-state index in [0.29, 0.717) is 0 Å². The SMILES string of the molecule is CCNC(c1cc(C)c(Cl)cc1C)c1cc(Br)sc1Br. The Morgan fingerprint density at radius 3 is 2.40 bits per heavy atom. The molecule has 2 rings (SSSR count). The standard InChI is InChI=1S/C15H16Br2ClNS/c1-4-19-14(11-7-13(16)20-15(11)17)10-5-9(3)12(18)6-8(10)2/h5-7,14,19H,4H2,1-3H3. The second kappa shape index (κ2) is 6.93. The van der Waals surface area contributed by atoms with Gasteiger partial charge in [-0.15, -0.1) is 11.3 Å². The van der Waals surface area contributed by atoms with Gasteiger partial charge in [0.25, 0.3) is 0 Å². The van der Waals surface area contributed by atoms with Gasteiger partial charge in [-0.3, -0.25) is 0 Å². The molecule has 1 nitrogen and oxygen atoms in total. The van der Waals surface area contributed by atoms with Gasteiger partial charge in [-0.05, 0) is 86.6 Å². The van der Waals surface area contributed by atoms with Crippen LogP contribution in [0.1, 0.15) is 35.2 Å². The van der Waals surface area contributed by atoms with E-state index in [0.717, 1.165) is 24.7 Å². The molecule has 1 aromatic carbocycles. The predicted molar refractivity (Wildman–Crippen MR) is 96.2 cm³/mol. The van der Waals surface area contributed by atoms with Crippen molar-refractivity contribution in [3.63, 3.8) is 0 Å². The van der Waals surface area contributed by atoms with Crippen LogP contribution in [0.25, 0.3) is 0 Å². The Labute approximate surface area is 146 Å². The van der Waals surface area contributed by atoms with Crippen molar-refractivity contribution in [3.05, 3.63) is 53.0 Å². The second-order valence-corrected chi connectivity index (χ2v) is 8.88. The zero-order valence-corrected chi connectivity index (χ0v) is 16.3. The lowest BCUT2D eigenvalue weighted by molar-refractivity contribution is 0.627. The molecule has 0 spiro atoms. The number of aryl methyl sites for hydroxylation is 2. The third-order valence-electron chi connectivity index (χ3n) is 3.26. The summed E-state index contributed by atoms with van der Waals surface area (Å²) in [5.41, 5.74) is 4.86. The van der Waals surface area contributed by atoms with Gasteiger partial charge in [-0.1, -0.05) is 24.6 Å². The lowest BCUT2D eigenvalue weighted by Gasteiger charge is -2.21. The Morgan fingerprint density at radius 1 is 1.15 bits per heavy atom. The lowest BCUT2D eigenvalue weighted by atomic mass is 9.95. The molecule has 5 heteroatoms. The van der Waals surface area contributed by atoms with Gasteiger partial charge in [0.05, 0.1) is 13.6 Å². The van der Waals surface area contributed by atoms with E-state index in [1.54, 1.807) is 11.3 Å².